The van der Waals surface area contributed by atoms with Gasteiger partial charge >= 0.3 is 0 Å². The summed E-state index contributed by atoms with van der Waals surface area (Å²) >= 11 is 0. The van der Waals surface area contributed by atoms with Crippen LogP contribution in [0.3, 0.4) is 0 Å². The molecule has 1 aromatic carbocycles. The van der Waals surface area contributed by atoms with Crippen LogP contribution in [0.2, 0.25) is 0 Å². The molecule has 0 aliphatic carbocycles. The van der Waals surface area contributed by atoms with E-state index in [1.54, 1.807) is 42.7 Å². The minimum atomic E-state index is -0.0834. The van der Waals surface area contributed by atoms with Crippen molar-refractivity contribution in [3.8, 4) is 11.5 Å². The van der Waals surface area contributed by atoms with Crippen LogP contribution in [0.5, 0.6) is 11.5 Å². The highest BCUT2D eigenvalue weighted by Gasteiger charge is 2.05. The smallest absolute Gasteiger partial charge is 0.251 e. The van der Waals surface area contributed by atoms with Crippen molar-refractivity contribution < 1.29 is 9.53 Å². The zero-order chi connectivity index (χ0) is 14.9. The first-order chi connectivity index (χ1) is 10.3. The van der Waals surface area contributed by atoms with Gasteiger partial charge in [-0.15, -0.1) is 24.8 Å². The molecule has 0 saturated carbocycles. The second kappa shape index (κ2) is 11.7. The summed E-state index contributed by atoms with van der Waals surface area (Å²) in [6.45, 7) is 1.29. The lowest BCUT2D eigenvalue weighted by molar-refractivity contribution is 0.0953. The number of aromatic nitrogens is 1. The quantitative estimate of drug-likeness (QED) is 0.746. The third-order valence-electron chi connectivity index (χ3n) is 2.90. The molecule has 0 spiro atoms. The number of pyridine rings is 1. The average molecular weight is 358 g/mol. The second-order valence-corrected chi connectivity index (χ2v) is 4.57. The highest BCUT2D eigenvalue weighted by Crippen LogP contribution is 2.20. The van der Waals surface area contributed by atoms with Crippen LogP contribution in [0.15, 0.2) is 48.8 Å². The maximum atomic E-state index is 11.9. The zero-order valence-corrected chi connectivity index (χ0v) is 14.2. The molecule has 23 heavy (non-hydrogen) atoms. The fraction of sp³-hybridized carbons (Fsp3) is 0.250. The van der Waals surface area contributed by atoms with Gasteiger partial charge in [0.05, 0.1) is 6.20 Å². The Morgan fingerprint density at radius 2 is 1.83 bits per heavy atom. The third kappa shape index (κ3) is 7.32. The number of nitrogens with one attached hydrogen (secondary N) is 1. The summed E-state index contributed by atoms with van der Waals surface area (Å²) in [6, 6.07) is 10.6. The van der Waals surface area contributed by atoms with Crippen LogP contribution in [-0.2, 0) is 0 Å². The molecule has 0 radical (unpaired) electrons. The van der Waals surface area contributed by atoms with Crippen LogP contribution >= 0.6 is 24.8 Å². The Kier molecular flexibility index (Phi) is 10.8. The molecule has 0 atom stereocenters. The van der Waals surface area contributed by atoms with Crippen molar-refractivity contribution >= 4 is 30.7 Å². The van der Waals surface area contributed by atoms with Gasteiger partial charge < -0.3 is 15.8 Å². The number of nitrogens with two attached hydrogens (primary N) is 1. The van der Waals surface area contributed by atoms with Crippen LogP contribution in [0.1, 0.15) is 23.2 Å². The molecule has 0 unspecified atom stereocenters. The molecule has 2 aromatic rings. The van der Waals surface area contributed by atoms with Crippen molar-refractivity contribution in [2.75, 3.05) is 13.1 Å². The van der Waals surface area contributed by atoms with Gasteiger partial charge in [-0.3, -0.25) is 9.78 Å². The molecule has 0 fully saturated rings. The van der Waals surface area contributed by atoms with Crippen LogP contribution in [0.25, 0.3) is 0 Å². The Morgan fingerprint density at radius 3 is 2.43 bits per heavy atom. The first-order valence-corrected chi connectivity index (χ1v) is 6.96. The fourth-order valence-electron chi connectivity index (χ4n) is 1.79. The molecule has 2 rings (SSSR count). The number of amides is 1. The standard InChI is InChI=1S/C16H19N3O2.2ClH/c17-9-1-2-11-19-16(20)13-5-7-14(8-6-13)21-15-4-3-10-18-12-15;;/h3-8,10,12H,1-2,9,11,17H2,(H,19,20);2*1H. The fourth-order valence-corrected chi connectivity index (χ4v) is 1.79. The van der Waals surface area contributed by atoms with Gasteiger partial charge in [0.1, 0.15) is 11.5 Å². The summed E-state index contributed by atoms with van der Waals surface area (Å²) in [5, 5.41) is 2.86. The van der Waals surface area contributed by atoms with E-state index in [1.165, 1.54) is 0 Å². The van der Waals surface area contributed by atoms with Crippen LogP contribution in [0.4, 0.5) is 0 Å². The molecule has 0 aliphatic heterocycles. The third-order valence-corrected chi connectivity index (χ3v) is 2.90. The molecule has 1 amide bonds. The largest absolute Gasteiger partial charge is 0.456 e. The van der Waals surface area contributed by atoms with Gasteiger partial charge in [0, 0.05) is 18.3 Å². The highest BCUT2D eigenvalue weighted by molar-refractivity contribution is 5.94. The summed E-state index contributed by atoms with van der Waals surface area (Å²) in [5.74, 6) is 1.25. The lowest BCUT2D eigenvalue weighted by Gasteiger charge is -2.07. The van der Waals surface area contributed by atoms with Crippen molar-refractivity contribution in [3.63, 3.8) is 0 Å². The molecule has 7 heteroatoms. The highest BCUT2D eigenvalue weighted by atomic mass is 35.5. The van der Waals surface area contributed by atoms with E-state index in [4.69, 9.17) is 10.5 Å². The Labute approximate surface area is 148 Å². The summed E-state index contributed by atoms with van der Waals surface area (Å²) in [7, 11) is 0. The number of hydrogen-bond donors (Lipinski definition) is 2. The van der Waals surface area contributed by atoms with E-state index in [2.05, 4.69) is 10.3 Å². The van der Waals surface area contributed by atoms with Gasteiger partial charge in [0.15, 0.2) is 0 Å². The Hall–Kier alpha value is -1.82. The minimum Gasteiger partial charge on any atom is -0.456 e. The number of ether oxygens (including phenoxy) is 1. The predicted octanol–water partition coefficient (Wildman–Crippen LogP) is 3.19. The number of carbonyl (C=O) groups excluding carboxylic acids is 1. The first kappa shape index (κ1) is 21.2. The van der Waals surface area contributed by atoms with Crippen LogP contribution in [-0.4, -0.2) is 24.0 Å². The summed E-state index contributed by atoms with van der Waals surface area (Å²) in [5.41, 5.74) is 6.02. The summed E-state index contributed by atoms with van der Waals surface area (Å²) < 4.78 is 5.62. The molecule has 126 valence electrons. The molecular weight excluding hydrogens is 337 g/mol. The predicted molar refractivity (Wildman–Crippen MR) is 95.9 cm³/mol. The molecule has 3 N–H and O–H groups in total. The lowest BCUT2D eigenvalue weighted by atomic mass is 10.2. The van der Waals surface area contributed by atoms with Gasteiger partial charge in [0.25, 0.3) is 5.91 Å². The van der Waals surface area contributed by atoms with Crippen LogP contribution in [0, 0.1) is 0 Å². The summed E-state index contributed by atoms with van der Waals surface area (Å²) in [4.78, 5) is 15.9. The number of unbranched alkanes of at least 4 members (excludes halogenated alkanes) is 1. The van der Waals surface area contributed by atoms with Crippen molar-refractivity contribution in [3.05, 3.63) is 54.4 Å². The molecule has 1 aromatic heterocycles. The number of carbonyl (C=O) groups is 1. The maximum absolute atomic E-state index is 11.9. The maximum Gasteiger partial charge on any atom is 0.251 e. The molecule has 0 bridgehead atoms. The van der Waals surface area contributed by atoms with E-state index in [-0.39, 0.29) is 30.7 Å². The van der Waals surface area contributed by atoms with Gasteiger partial charge in [-0.2, -0.15) is 0 Å². The van der Waals surface area contributed by atoms with Gasteiger partial charge in [-0.1, -0.05) is 0 Å². The molecule has 0 saturated heterocycles. The second-order valence-electron chi connectivity index (χ2n) is 4.57. The molecule has 5 nitrogen and oxygen atoms in total. The van der Waals surface area contributed by atoms with Gasteiger partial charge in [-0.25, -0.2) is 0 Å². The zero-order valence-electron chi connectivity index (χ0n) is 12.6. The van der Waals surface area contributed by atoms with E-state index in [9.17, 15) is 4.79 Å². The number of nitrogens with zero attached hydrogens (tertiary/aromatic N) is 1. The number of hydrogen-bond acceptors (Lipinski definition) is 4. The van der Waals surface area contributed by atoms with E-state index >= 15 is 0 Å². The van der Waals surface area contributed by atoms with Crippen molar-refractivity contribution in [2.45, 2.75) is 12.8 Å². The van der Waals surface area contributed by atoms with E-state index < -0.39 is 0 Å². The Morgan fingerprint density at radius 1 is 1.09 bits per heavy atom. The summed E-state index contributed by atoms with van der Waals surface area (Å²) in [6.07, 6.45) is 5.13. The van der Waals surface area contributed by atoms with Gasteiger partial charge in [0.2, 0.25) is 0 Å². The SMILES string of the molecule is Cl.Cl.NCCCCNC(=O)c1ccc(Oc2cccnc2)cc1. The molecular formula is C16H21Cl2N3O2. The number of benzene rings is 1. The lowest BCUT2D eigenvalue weighted by Crippen LogP contribution is -2.24. The number of rotatable bonds is 7. The first-order valence-electron chi connectivity index (χ1n) is 6.96. The van der Waals surface area contributed by atoms with Gasteiger partial charge in [-0.05, 0) is 55.8 Å². The van der Waals surface area contributed by atoms with Crippen molar-refractivity contribution in [1.29, 1.82) is 0 Å². The van der Waals surface area contributed by atoms with E-state index in [0.29, 0.717) is 30.2 Å². The molecule has 0 aliphatic rings. The van der Waals surface area contributed by atoms with E-state index in [1.807, 2.05) is 6.07 Å². The van der Waals surface area contributed by atoms with E-state index in [0.717, 1.165) is 12.8 Å². The minimum absolute atomic E-state index is 0. The monoisotopic (exact) mass is 357 g/mol. The Bertz CT molecular complexity index is 565. The Balaban J connectivity index is 0.00000242. The normalized spacial score (nSPS) is 9.26. The molecule has 1 heterocycles. The van der Waals surface area contributed by atoms with Crippen LogP contribution < -0.4 is 15.8 Å². The average Bonchev–Trinajstić information content (AvgIpc) is 2.53. The topological polar surface area (TPSA) is 77.2 Å². The van der Waals surface area contributed by atoms with Crippen molar-refractivity contribution in [2.24, 2.45) is 5.73 Å². The number of halogens is 2. The van der Waals surface area contributed by atoms with Crippen molar-refractivity contribution in [1.82, 2.24) is 10.3 Å².